The van der Waals surface area contributed by atoms with Crippen molar-refractivity contribution in [3.8, 4) is 5.75 Å². The van der Waals surface area contributed by atoms with Crippen molar-refractivity contribution in [1.29, 1.82) is 0 Å². The van der Waals surface area contributed by atoms with E-state index in [1.165, 1.54) is 12.8 Å². The lowest BCUT2D eigenvalue weighted by atomic mass is 10.1. The van der Waals surface area contributed by atoms with Crippen LogP contribution in [0.1, 0.15) is 38.2 Å². The fraction of sp³-hybridized carbons (Fsp3) is 0.467. The van der Waals surface area contributed by atoms with E-state index in [9.17, 15) is 4.79 Å². The third-order valence-corrected chi connectivity index (χ3v) is 3.51. The molecule has 108 valence electrons. The van der Waals surface area contributed by atoms with Crippen LogP contribution in [0.25, 0.3) is 0 Å². The van der Waals surface area contributed by atoms with Crippen molar-refractivity contribution in [2.75, 3.05) is 6.61 Å². The summed E-state index contributed by atoms with van der Waals surface area (Å²) < 4.78 is 5.43. The highest BCUT2D eigenvalue weighted by Gasteiger charge is 2.17. The van der Waals surface area contributed by atoms with E-state index in [1.807, 2.05) is 0 Å². The van der Waals surface area contributed by atoms with E-state index in [4.69, 9.17) is 9.94 Å². The SMILES string of the molecule is C/C(=N\O)c1ccc(OCC(=O)NC2CCCC2)cc1. The van der Waals surface area contributed by atoms with Gasteiger partial charge in [0.15, 0.2) is 6.61 Å². The molecule has 0 atom stereocenters. The first-order valence-corrected chi connectivity index (χ1v) is 6.90. The van der Waals surface area contributed by atoms with Crippen molar-refractivity contribution in [3.05, 3.63) is 29.8 Å². The molecule has 0 heterocycles. The fourth-order valence-corrected chi connectivity index (χ4v) is 2.34. The predicted octanol–water partition coefficient (Wildman–Crippen LogP) is 2.32. The first-order valence-electron chi connectivity index (χ1n) is 6.90. The van der Waals surface area contributed by atoms with Crippen LogP contribution in [0.15, 0.2) is 29.4 Å². The second-order valence-electron chi connectivity index (χ2n) is 5.05. The lowest BCUT2D eigenvalue weighted by Gasteiger charge is -2.12. The normalized spacial score (nSPS) is 16.1. The van der Waals surface area contributed by atoms with E-state index in [0.717, 1.165) is 18.4 Å². The van der Waals surface area contributed by atoms with Crippen molar-refractivity contribution in [1.82, 2.24) is 5.32 Å². The van der Waals surface area contributed by atoms with Gasteiger partial charge in [-0.25, -0.2) is 0 Å². The number of rotatable bonds is 5. The van der Waals surface area contributed by atoms with Gasteiger partial charge < -0.3 is 15.3 Å². The number of amides is 1. The van der Waals surface area contributed by atoms with Gasteiger partial charge in [-0.1, -0.05) is 18.0 Å². The van der Waals surface area contributed by atoms with Crippen molar-refractivity contribution in [2.45, 2.75) is 38.6 Å². The highest BCUT2D eigenvalue weighted by Crippen LogP contribution is 2.17. The molecule has 1 fully saturated rings. The number of carbonyl (C=O) groups is 1. The van der Waals surface area contributed by atoms with E-state index in [0.29, 0.717) is 17.5 Å². The van der Waals surface area contributed by atoms with Gasteiger partial charge in [0.25, 0.3) is 5.91 Å². The predicted molar refractivity (Wildman–Crippen MR) is 76.3 cm³/mol. The molecule has 1 saturated carbocycles. The maximum Gasteiger partial charge on any atom is 0.258 e. The molecule has 1 aromatic rings. The molecule has 1 aliphatic carbocycles. The molecule has 0 saturated heterocycles. The summed E-state index contributed by atoms with van der Waals surface area (Å²) in [6, 6.07) is 7.41. The topological polar surface area (TPSA) is 70.9 Å². The maximum absolute atomic E-state index is 11.7. The Kier molecular flexibility index (Phi) is 4.98. The summed E-state index contributed by atoms with van der Waals surface area (Å²) in [4.78, 5) is 11.7. The average molecular weight is 276 g/mol. The van der Waals surface area contributed by atoms with Crippen LogP contribution in [0.2, 0.25) is 0 Å². The standard InChI is InChI=1S/C15H20N2O3/c1-11(17-19)12-6-8-14(9-7-12)20-10-15(18)16-13-4-2-3-5-13/h6-9,13,19H,2-5,10H2,1H3,(H,16,18)/b17-11+. The van der Waals surface area contributed by atoms with Crippen LogP contribution in [0.3, 0.4) is 0 Å². The van der Waals surface area contributed by atoms with Crippen molar-refractivity contribution in [3.63, 3.8) is 0 Å². The van der Waals surface area contributed by atoms with E-state index >= 15 is 0 Å². The lowest BCUT2D eigenvalue weighted by molar-refractivity contribution is -0.123. The van der Waals surface area contributed by atoms with Crippen LogP contribution in [-0.4, -0.2) is 29.5 Å². The Bertz CT molecular complexity index is 476. The molecule has 2 rings (SSSR count). The first-order chi connectivity index (χ1) is 9.69. The van der Waals surface area contributed by atoms with Gasteiger partial charge in [-0.2, -0.15) is 0 Å². The number of hydrogen-bond donors (Lipinski definition) is 2. The van der Waals surface area contributed by atoms with E-state index in [2.05, 4.69) is 10.5 Å². The molecule has 0 aliphatic heterocycles. The monoisotopic (exact) mass is 276 g/mol. The van der Waals surface area contributed by atoms with Gasteiger partial charge in [0.1, 0.15) is 5.75 Å². The molecular formula is C15H20N2O3. The van der Waals surface area contributed by atoms with E-state index in [-0.39, 0.29) is 12.5 Å². The Hall–Kier alpha value is -2.04. The molecule has 1 aliphatic rings. The van der Waals surface area contributed by atoms with Gasteiger partial charge in [-0.15, -0.1) is 0 Å². The zero-order valence-electron chi connectivity index (χ0n) is 11.6. The molecule has 0 radical (unpaired) electrons. The van der Waals surface area contributed by atoms with E-state index < -0.39 is 0 Å². The van der Waals surface area contributed by atoms with Gasteiger partial charge in [-0.05, 0) is 49.6 Å². The summed E-state index contributed by atoms with van der Waals surface area (Å²) in [5.74, 6) is 0.551. The Morgan fingerprint density at radius 2 is 2.00 bits per heavy atom. The number of benzene rings is 1. The Morgan fingerprint density at radius 3 is 2.60 bits per heavy atom. The van der Waals surface area contributed by atoms with Gasteiger partial charge in [0.2, 0.25) is 0 Å². The van der Waals surface area contributed by atoms with E-state index in [1.54, 1.807) is 31.2 Å². The van der Waals surface area contributed by atoms with Crippen LogP contribution in [0.4, 0.5) is 0 Å². The van der Waals surface area contributed by atoms with Crippen LogP contribution in [0.5, 0.6) is 5.75 Å². The zero-order valence-corrected chi connectivity index (χ0v) is 11.6. The maximum atomic E-state index is 11.7. The highest BCUT2D eigenvalue weighted by molar-refractivity contribution is 5.98. The minimum atomic E-state index is -0.0749. The van der Waals surface area contributed by atoms with Crippen LogP contribution < -0.4 is 10.1 Å². The molecule has 0 aromatic heterocycles. The molecule has 2 N–H and O–H groups in total. The number of nitrogens with one attached hydrogen (secondary N) is 1. The summed E-state index contributed by atoms with van der Waals surface area (Å²) in [5, 5.41) is 14.8. The molecule has 0 spiro atoms. The van der Waals surface area contributed by atoms with Crippen LogP contribution >= 0.6 is 0 Å². The van der Waals surface area contributed by atoms with Crippen molar-refractivity contribution < 1.29 is 14.7 Å². The molecule has 0 unspecified atom stereocenters. The summed E-state index contributed by atoms with van der Waals surface area (Å²) in [6.45, 7) is 1.74. The second-order valence-corrected chi connectivity index (χ2v) is 5.05. The fourth-order valence-electron chi connectivity index (χ4n) is 2.34. The summed E-state index contributed by atoms with van der Waals surface area (Å²) in [7, 11) is 0. The van der Waals surface area contributed by atoms with Crippen molar-refractivity contribution in [2.24, 2.45) is 5.16 Å². The van der Waals surface area contributed by atoms with Gasteiger partial charge >= 0.3 is 0 Å². The number of carbonyl (C=O) groups excluding carboxylic acids is 1. The minimum absolute atomic E-state index is 0.0307. The molecule has 20 heavy (non-hydrogen) atoms. The summed E-state index contributed by atoms with van der Waals surface area (Å²) in [5.41, 5.74) is 1.35. The molecule has 5 heteroatoms. The molecule has 0 bridgehead atoms. The zero-order chi connectivity index (χ0) is 14.4. The third-order valence-electron chi connectivity index (χ3n) is 3.51. The van der Waals surface area contributed by atoms with Crippen LogP contribution in [-0.2, 0) is 4.79 Å². The summed E-state index contributed by atoms with van der Waals surface area (Å²) in [6.07, 6.45) is 4.53. The van der Waals surface area contributed by atoms with Crippen molar-refractivity contribution >= 4 is 11.6 Å². The van der Waals surface area contributed by atoms with Gasteiger partial charge in [0, 0.05) is 6.04 Å². The molecule has 1 amide bonds. The lowest BCUT2D eigenvalue weighted by Crippen LogP contribution is -2.36. The minimum Gasteiger partial charge on any atom is -0.484 e. The molecule has 5 nitrogen and oxygen atoms in total. The average Bonchev–Trinajstić information content (AvgIpc) is 2.97. The summed E-state index contributed by atoms with van der Waals surface area (Å²) >= 11 is 0. The number of hydrogen-bond acceptors (Lipinski definition) is 4. The smallest absolute Gasteiger partial charge is 0.258 e. The number of ether oxygens (including phenoxy) is 1. The highest BCUT2D eigenvalue weighted by atomic mass is 16.5. The molecular weight excluding hydrogens is 256 g/mol. The second kappa shape index (κ2) is 6.93. The van der Waals surface area contributed by atoms with Gasteiger partial charge in [-0.3, -0.25) is 4.79 Å². The molecule has 1 aromatic carbocycles. The number of nitrogens with zero attached hydrogens (tertiary/aromatic N) is 1. The number of oxime groups is 1. The van der Waals surface area contributed by atoms with Gasteiger partial charge in [0.05, 0.1) is 5.71 Å². The van der Waals surface area contributed by atoms with Crippen LogP contribution in [0, 0.1) is 0 Å². The largest absolute Gasteiger partial charge is 0.484 e. The quantitative estimate of drug-likeness (QED) is 0.492. The Labute approximate surface area is 118 Å². The third kappa shape index (κ3) is 3.98. The Balaban J connectivity index is 1.79. The Morgan fingerprint density at radius 1 is 1.35 bits per heavy atom. The first kappa shape index (κ1) is 14.4.